The van der Waals surface area contributed by atoms with E-state index < -0.39 is 0 Å². The van der Waals surface area contributed by atoms with Crippen LogP contribution in [0.25, 0.3) is 11.1 Å². The summed E-state index contributed by atoms with van der Waals surface area (Å²) in [5.41, 5.74) is 3.94. The summed E-state index contributed by atoms with van der Waals surface area (Å²) in [5, 5.41) is 15.5. The highest BCUT2D eigenvalue weighted by molar-refractivity contribution is 5.74. The first-order valence-electron chi connectivity index (χ1n) is 12.9. The van der Waals surface area contributed by atoms with Gasteiger partial charge in [-0.15, -0.1) is 0 Å². The Labute approximate surface area is 216 Å². The average Bonchev–Trinajstić information content (AvgIpc) is 3.49. The maximum absolute atomic E-state index is 15.1. The summed E-state index contributed by atoms with van der Waals surface area (Å²) in [6.07, 6.45) is 4.26. The summed E-state index contributed by atoms with van der Waals surface area (Å²) in [6, 6.07) is 5.07. The van der Waals surface area contributed by atoms with Crippen LogP contribution in [0.4, 0.5) is 15.9 Å². The number of rotatable bonds is 9. The number of halogens is 1. The molecule has 2 N–H and O–H groups in total. The zero-order valence-electron chi connectivity index (χ0n) is 21.5. The number of nitrogens with zero attached hydrogens (tertiary/aromatic N) is 6. The molecule has 0 saturated carbocycles. The molecule has 1 saturated heterocycles. The molecule has 10 nitrogen and oxygen atoms in total. The van der Waals surface area contributed by atoms with E-state index in [2.05, 4.69) is 20.6 Å². The van der Waals surface area contributed by atoms with E-state index in [9.17, 15) is 4.79 Å². The lowest BCUT2D eigenvalue weighted by atomic mass is 10.1. The second-order valence-corrected chi connectivity index (χ2v) is 9.61. The fourth-order valence-electron chi connectivity index (χ4n) is 4.92. The lowest BCUT2D eigenvalue weighted by molar-refractivity contribution is -0.129. The summed E-state index contributed by atoms with van der Waals surface area (Å²) in [7, 11) is 1.83. The number of carbonyl (C=O) groups is 1. The molecule has 11 heteroatoms. The predicted molar refractivity (Wildman–Crippen MR) is 139 cm³/mol. The normalized spacial score (nSPS) is 16.1. The molecule has 0 bridgehead atoms. The molecule has 0 aliphatic carbocycles. The minimum absolute atomic E-state index is 0.0209. The van der Waals surface area contributed by atoms with Crippen LogP contribution in [0.5, 0.6) is 0 Å². The summed E-state index contributed by atoms with van der Waals surface area (Å²) in [5.74, 6) is 0.225. The minimum atomic E-state index is -0.375. The SMILES string of the molecule is CC(=O)N1CCc2c(c(Nc3ccc(-c4cnn(C)c4)cc3F)nn2CCOCCN2CCNCC2)C1. The molecule has 1 fully saturated rings. The molecule has 4 heterocycles. The Morgan fingerprint density at radius 1 is 1.16 bits per heavy atom. The summed E-state index contributed by atoms with van der Waals surface area (Å²) >= 11 is 0. The number of carbonyl (C=O) groups excluding carboxylic acids is 1. The van der Waals surface area contributed by atoms with Crippen LogP contribution in [0, 0.1) is 5.82 Å². The molecule has 198 valence electrons. The van der Waals surface area contributed by atoms with Crippen LogP contribution in [0.1, 0.15) is 18.2 Å². The Hall–Kier alpha value is -3.28. The van der Waals surface area contributed by atoms with Gasteiger partial charge in [-0.3, -0.25) is 19.1 Å². The van der Waals surface area contributed by atoms with Crippen LogP contribution in [0.3, 0.4) is 0 Å². The number of anilines is 2. The van der Waals surface area contributed by atoms with Gasteiger partial charge in [-0.25, -0.2) is 4.39 Å². The second-order valence-electron chi connectivity index (χ2n) is 9.61. The monoisotopic (exact) mass is 510 g/mol. The Kier molecular flexibility index (Phi) is 7.82. The van der Waals surface area contributed by atoms with Gasteiger partial charge < -0.3 is 20.3 Å². The molecule has 0 unspecified atom stereocenters. The molecule has 37 heavy (non-hydrogen) atoms. The molecule has 2 aliphatic heterocycles. The Bertz CT molecular complexity index is 1230. The number of benzene rings is 1. The van der Waals surface area contributed by atoms with Crippen molar-refractivity contribution in [1.29, 1.82) is 0 Å². The predicted octanol–water partition coefficient (Wildman–Crippen LogP) is 1.99. The average molecular weight is 511 g/mol. The smallest absolute Gasteiger partial charge is 0.219 e. The van der Waals surface area contributed by atoms with E-state index in [4.69, 9.17) is 9.84 Å². The molecule has 2 aromatic heterocycles. The zero-order valence-corrected chi connectivity index (χ0v) is 21.5. The van der Waals surface area contributed by atoms with E-state index in [0.717, 1.165) is 55.1 Å². The Morgan fingerprint density at radius 2 is 1.97 bits per heavy atom. The van der Waals surface area contributed by atoms with Gasteiger partial charge in [0.05, 0.1) is 38.2 Å². The molecule has 0 spiro atoms. The van der Waals surface area contributed by atoms with Crippen LogP contribution in [0.2, 0.25) is 0 Å². The number of fused-ring (bicyclic) bond motifs is 1. The second kappa shape index (κ2) is 11.4. The first-order valence-corrected chi connectivity index (χ1v) is 12.9. The number of nitrogens with one attached hydrogen (secondary N) is 2. The van der Waals surface area contributed by atoms with Crippen LogP contribution in [-0.2, 0) is 36.1 Å². The van der Waals surface area contributed by atoms with Crippen LogP contribution >= 0.6 is 0 Å². The van der Waals surface area contributed by atoms with Gasteiger partial charge in [0.15, 0.2) is 5.82 Å². The number of piperazine rings is 1. The maximum atomic E-state index is 15.1. The fourth-order valence-corrected chi connectivity index (χ4v) is 4.92. The number of aromatic nitrogens is 4. The number of hydrogen-bond acceptors (Lipinski definition) is 7. The molecular weight excluding hydrogens is 475 g/mol. The molecule has 3 aromatic rings. The van der Waals surface area contributed by atoms with E-state index >= 15 is 4.39 Å². The van der Waals surface area contributed by atoms with Gasteiger partial charge >= 0.3 is 0 Å². The third-order valence-electron chi connectivity index (χ3n) is 7.05. The number of aryl methyl sites for hydroxylation is 1. The molecule has 1 amide bonds. The topological polar surface area (TPSA) is 92.5 Å². The van der Waals surface area contributed by atoms with Crippen molar-refractivity contribution < 1.29 is 13.9 Å². The van der Waals surface area contributed by atoms with Gasteiger partial charge in [0.25, 0.3) is 0 Å². The van der Waals surface area contributed by atoms with Gasteiger partial charge in [-0.1, -0.05) is 6.07 Å². The first kappa shape index (κ1) is 25.4. The van der Waals surface area contributed by atoms with Crippen molar-refractivity contribution in [1.82, 2.24) is 34.7 Å². The first-order chi connectivity index (χ1) is 18.0. The van der Waals surface area contributed by atoms with E-state index in [1.54, 1.807) is 28.8 Å². The molecule has 1 aromatic carbocycles. The van der Waals surface area contributed by atoms with Crippen molar-refractivity contribution in [2.75, 3.05) is 57.8 Å². The third-order valence-corrected chi connectivity index (χ3v) is 7.05. The fraction of sp³-hybridized carbons (Fsp3) is 0.500. The number of amides is 1. The van der Waals surface area contributed by atoms with Crippen LogP contribution in [-0.4, -0.2) is 87.8 Å². The van der Waals surface area contributed by atoms with Crippen LogP contribution in [0.15, 0.2) is 30.6 Å². The van der Waals surface area contributed by atoms with E-state index in [1.807, 2.05) is 24.0 Å². The highest BCUT2D eigenvalue weighted by Gasteiger charge is 2.26. The molecular formula is C26H35FN8O2. The molecule has 0 radical (unpaired) electrons. The Morgan fingerprint density at radius 3 is 2.70 bits per heavy atom. The van der Waals surface area contributed by atoms with E-state index in [-0.39, 0.29) is 11.7 Å². The number of ether oxygens (including phenoxy) is 1. The highest BCUT2D eigenvalue weighted by atomic mass is 19.1. The van der Waals surface area contributed by atoms with Crippen molar-refractivity contribution in [3.05, 3.63) is 47.7 Å². The van der Waals surface area contributed by atoms with Crippen LogP contribution < -0.4 is 10.6 Å². The largest absolute Gasteiger partial charge is 0.378 e. The van der Waals surface area contributed by atoms with E-state index in [0.29, 0.717) is 50.8 Å². The lowest BCUT2D eigenvalue weighted by Crippen LogP contribution is -2.44. The van der Waals surface area contributed by atoms with Gasteiger partial charge in [0.1, 0.15) is 5.82 Å². The highest BCUT2D eigenvalue weighted by Crippen LogP contribution is 2.31. The quantitative estimate of drug-likeness (QED) is 0.426. The zero-order chi connectivity index (χ0) is 25.8. The van der Waals surface area contributed by atoms with Crippen molar-refractivity contribution in [3.63, 3.8) is 0 Å². The van der Waals surface area contributed by atoms with Crippen molar-refractivity contribution >= 4 is 17.4 Å². The third kappa shape index (κ3) is 6.00. The lowest BCUT2D eigenvalue weighted by Gasteiger charge is -2.27. The standard InChI is InChI=1S/C26H35FN8O2/c1-19(36)34-8-5-25-22(18-34)26(31-35(25)12-14-37-13-11-33-9-6-28-7-10-33)30-24-4-3-20(15-23(24)27)21-16-29-32(2)17-21/h3-4,15-17,28H,5-14,18H2,1-2H3,(H,30,31). The van der Waals surface area contributed by atoms with Crippen molar-refractivity contribution in [2.45, 2.75) is 26.4 Å². The molecule has 2 aliphatic rings. The summed E-state index contributed by atoms with van der Waals surface area (Å²) in [4.78, 5) is 16.3. The maximum Gasteiger partial charge on any atom is 0.219 e. The number of hydrogen-bond donors (Lipinski definition) is 2. The summed E-state index contributed by atoms with van der Waals surface area (Å²) < 4.78 is 24.7. The van der Waals surface area contributed by atoms with Gasteiger partial charge in [-0.2, -0.15) is 10.2 Å². The van der Waals surface area contributed by atoms with Gasteiger partial charge in [0.2, 0.25) is 5.91 Å². The minimum Gasteiger partial charge on any atom is -0.378 e. The van der Waals surface area contributed by atoms with Gasteiger partial charge in [0, 0.05) is 82.7 Å². The van der Waals surface area contributed by atoms with Crippen molar-refractivity contribution in [3.8, 4) is 11.1 Å². The molecule has 5 rings (SSSR count). The molecule has 0 atom stereocenters. The van der Waals surface area contributed by atoms with Crippen molar-refractivity contribution in [2.24, 2.45) is 7.05 Å². The van der Waals surface area contributed by atoms with Gasteiger partial charge in [-0.05, 0) is 17.7 Å². The Balaban J connectivity index is 1.28. The summed E-state index contributed by atoms with van der Waals surface area (Å²) in [6.45, 7) is 9.59. The van der Waals surface area contributed by atoms with E-state index in [1.165, 1.54) is 6.07 Å².